The molecule has 0 aliphatic heterocycles. The maximum atomic E-state index is 12.9. The van der Waals surface area contributed by atoms with Crippen LogP contribution in [0.4, 0.5) is 94.6 Å². The SMILES string of the molecule is BrCc1ccc2cc(N(c3ccc4cc(Br)ccc4c3)c3ccc4cc(Br)ccc4c3)ccc2c1.BrCc1cccc2c(N(c3cccc4ccccc34)c3cccc4ccccc34)cccc12.Cc1cc(CBr)cc(C)c1N(c1ccccc1)c1ccccc1.Cc1ccc2cc(N(c3ccc4cc(OS(=O)(=O)C(F)(F)F)ccc4c3)c3ccc4ccc(COS(=O)(=O)C(F)(F)F)cc4c3)ccc2c1. The summed E-state index contributed by atoms with van der Waals surface area (Å²) in [7, 11) is -11.7. The summed E-state index contributed by atoms with van der Waals surface area (Å²) in [4.78, 5) is 9.00. The quantitative estimate of drug-likeness (QED) is 0.0317. The largest absolute Gasteiger partial charge is 0.534 e. The van der Waals surface area contributed by atoms with Crippen LogP contribution in [0.1, 0.15) is 38.9 Å². The summed E-state index contributed by atoms with van der Waals surface area (Å²) >= 11 is 18.0. The molecule has 0 heterocycles. The van der Waals surface area contributed by atoms with Crippen molar-refractivity contribution in [2.24, 2.45) is 0 Å². The van der Waals surface area contributed by atoms with E-state index in [1.165, 1.54) is 151 Å². The molecule has 140 heavy (non-hydrogen) atoms. The number of anilines is 12. The van der Waals surface area contributed by atoms with Crippen LogP contribution in [0.3, 0.4) is 0 Å². The third kappa shape index (κ3) is 21.3. The van der Waals surface area contributed by atoms with E-state index in [1.54, 1.807) is 36.4 Å². The summed E-state index contributed by atoms with van der Waals surface area (Å²) in [6, 6.07) is 139. The van der Waals surface area contributed by atoms with E-state index in [4.69, 9.17) is 0 Å². The van der Waals surface area contributed by atoms with Gasteiger partial charge >= 0.3 is 31.3 Å². The van der Waals surface area contributed by atoms with Crippen LogP contribution < -0.4 is 23.8 Å². The highest BCUT2D eigenvalue weighted by atomic mass is 79.9. The van der Waals surface area contributed by atoms with Gasteiger partial charge < -0.3 is 23.8 Å². The number of benzene rings is 21. The summed E-state index contributed by atoms with van der Waals surface area (Å²) in [5.74, 6) is -0.517. The maximum Gasteiger partial charge on any atom is 0.534 e. The molecule has 0 saturated heterocycles. The first-order chi connectivity index (χ1) is 67.5. The van der Waals surface area contributed by atoms with Crippen LogP contribution in [0, 0.1) is 20.8 Å². The standard InChI is InChI=1S/C34H23F6NO6S2.C31H20Br3N.C31H22BrN.C21H20BrN/c1-21-2-4-25-16-29(11-7-24(25)14-21)41(30-12-8-27-19-32(13-9-26(27)17-30)47-49(44,45)34(38,39)40)31-10-6-23-5-3-22(15-28(23)18-31)20-46-48(42,43)33(35,36)37;32-19-20-1-2-24-16-29(10-5-21(24)13-20)35(30-11-6-22-14-27(33)8-3-25(22)17-30)31-12-7-23-15-28(34)9-4-26(23)18-31;32-21-24-13-5-17-28-25(24)16-8-20-31(28)33(29-18-6-11-22-9-1-3-14-26(22)29)30-19-7-12-23-10-2-4-15-27(23)30;1-16-13-18(15-22)14-17(2)21(16)23(19-9-5-3-6-10-19)20-11-7-4-8-12-20/h2-19H,20H2,1H3;1-18H,19H2;1-20H,21H2;3-14H,15H2,1-2H3. The molecule has 23 heteroatoms. The van der Waals surface area contributed by atoms with Crippen molar-refractivity contribution in [2.45, 2.75) is 54.4 Å². The lowest BCUT2D eigenvalue weighted by Crippen LogP contribution is -2.28. The number of halogens is 11. The van der Waals surface area contributed by atoms with Crippen molar-refractivity contribution in [3.8, 4) is 5.75 Å². The lowest BCUT2D eigenvalue weighted by atomic mass is 10.00. The average molecular weight is 2220 g/mol. The number of fused-ring (bicyclic) bond motifs is 9. The smallest absolute Gasteiger partial charge is 0.376 e. The van der Waals surface area contributed by atoms with Gasteiger partial charge in [0.15, 0.2) is 0 Å². The van der Waals surface area contributed by atoms with Crippen LogP contribution in [0.2, 0.25) is 0 Å². The monoisotopic (exact) mass is 2210 g/mol. The molecule has 0 radical (unpaired) electrons. The highest BCUT2D eigenvalue weighted by Crippen LogP contribution is 2.49. The van der Waals surface area contributed by atoms with Crippen molar-refractivity contribution in [2.75, 3.05) is 19.6 Å². The Morgan fingerprint density at radius 1 is 0.264 bits per heavy atom. The first kappa shape index (κ1) is 97.0. The maximum absolute atomic E-state index is 12.9. The molecule has 698 valence electrons. The molecule has 0 bridgehead atoms. The zero-order valence-corrected chi connectivity index (χ0v) is 84.9. The van der Waals surface area contributed by atoms with Crippen molar-refractivity contribution in [1.29, 1.82) is 0 Å². The van der Waals surface area contributed by atoms with E-state index >= 15 is 0 Å². The lowest BCUT2D eigenvalue weighted by molar-refractivity contribution is -0.0548. The van der Waals surface area contributed by atoms with Gasteiger partial charge in [0.25, 0.3) is 0 Å². The molecule has 0 saturated carbocycles. The fourth-order valence-corrected chi connectivity index (χ4v) is 20.6. The number of nitrogens with zero attached hydrogens (tertiary/aromatic N) is 4. The minimum atomic E-state index is -5.87. The number of rotatable bonds is 20. The summed E-state index contributed by atoms with van der Waals surface area (Å²) in [5, 5.41) is 21.5. The Hall–Kier alpha value is -13.2. The number of alkyl halides is 9. The van der Waals surface area contributed by atoms with E-state index < -0.39 is 43.6 Å². The Labute approximate surface area is 849 Å². The first-order valence-electron chi connectivity index (χ1n) is 44.5. The molecule has 0 fully saturated rings. The van der Waals surface area contributed by atoms with Gasteiger partial charge in [0.05, 0.1) is 29.4 Å². The van der Waals surface area contributed by atoms with Crippen molar-refractivity contribution >= 4 is 265 Å². The highest BCUT2D eigenvalue weighted by molar-refractivity contribution is 9.11. The fourth-order valence-electron chi connectivity index (χ4n) is 17.8. The first-order valence-corrected chi connectivity index (χ1v) is 52.3. The summed E-state index contributed by atoms with van der Waals surface area (Å²) in [6.45, 7) is 5.51. The van der Waals surface area contributed by atoms with E-state index in [2.05, 4.69) is 420 Å². The van der Waals surface area contributed by atoms with Gasteiger partial charge in [-0.3, -0.25) is 4.18 Å². The Morgan fingerprint density at radius 3 is 1.11 bits per heavy atom. The summed E-state index contributed by atoms with van der Waals surface area (Å²) in [6.07, 6.45) is 0. The van der Waals surface area contributed by atoms with Crippen molar-refractivity contribution in [3.05, 3.63) is 460 Å². The summed E-state index contributed by atoms with van der Waals surface area (Å²) in [5.41, 5.74) is 9.02. The normalized spacial score (nSPS) is 11.8. The molecule has 0 unspecified atom stereocenters. The van der Waals surface area contributed by atoms with Gasteiger partial charge in [-0.2, -0.15) is 43.2 Å². The topological polar surface area (TPSA) is 99.7 Å². The fraction of sp³-hybridized carbons (Fsp3) is 0.0769. The second-order valence-corrected chi connectivity index (χ2v) is 40.4. The Kier molecular flexibility index (Phi) is 28.9. The molecule has 0 atom stereocenters. The molecular formula is C117H85Br5F6N4O6S2. The van der Waals surface area contributed by atoms with Gasteiger partial charge in [0.2, 0.25) is 0 Å². The van der Waals surface area contributed by atoms with E-state index in [-0.39, 0.29) is 5.56 Å². The predicted molar refractivity (Wildman–Crippen MR) is 585 cm³/mol. The second-order valence-electron chi connectivity index (χ2n) is 33.7. The minimum Gasteiger partial charge on any atom is -0.376 e. The molecule has 0 amide bonds. The van der Waals surface area contributed by atoms with Crippen molar-refractivity contribution in [3.63, 3.8) is 0 Å². The number of para-hydroxylation sites is 2. The average Bonchev–Trinajstić information content (AvgIpc) is 0.748. The zero-order valence-electron chi connectivity index (χ0n) is 75.3. The van der Waals surface area contributed by atoms with Gasteiger partial charge in [-0.05, 0) is 293 Å². The third-order valence-corrected chi connectivity index (χ3v) is 29.2. The number of hydrogen-bond acceptors (Lipinski definition) is 10. The predicted octanol–water partition coefficient (Wildman–Crippen LogP) is 36.7. The van der Waals surface area contributed by atoms with Crippen LogP contribution in [0.25, 0.3) is 97.0 Å². The molecule has 0 aliphatic rings. The molecule has 0 spiro atoms. The van der Waals surface area contributed by atoms with Crippen LogP contribution in [0.5, 0.6) is 5.75 Å². The molecule has 0 aromatic heterocycles. The van der Waals surface area contributed by atoms with Gasteiger partial charge in [-0.25, -0.2) is 0 Å². The van der Waals surface area contributed by atoms with Crippen LogP contribution in [0.15, 0.2) is 421 Å². The van der Waals surface area contributed by atoms with E-state index in [0.717, 1.165) is 64.4 Å². The van der Waals surface area contributed by atoms with Crippen molar-refractivity contribution in [1.82, 2.24) is 0 Å². The van der Waals surface area contributed by atoms with E-state index in [0.29, 0.717) is 38.6 Å². The van der Waals surface area contributed by atoms with Crippen LogP contribution in [-0.2, 0) is 47.0 Å². The molecule has 0 aliphatic carbocycles. The molecular weight excluding hydrogens is 2130 g/mol. The molecule has 0 N–H and O–H groups in total. The Balaban J connectivity index is 0.000000128. The molecule has 21 rings (SSSR count). The third-order valence-electron chi connectivity index (χ3n) is 24.3. The number of aryl methyl sites for hydroxylation is 3. The van der Waals surface area contributed by atoms with Crippen LogP contribution >= 0.6 is 79.6 Å². The second kappa shape index (κ2) is 41.7. The van der Waals surface area contributed by atoms with E-state index in [9.17, 15) is 43.2 Å². The van der Waals surface area contributed by atoms with Crippen molar-refractivity contribution < 1.29 is 51.5 Å². The highest BCUT2D eigenvalue weighted by Gasteiger charge is 2.49. The van der Waals surface area contributed by atoms with Gasteiger partial charge in [0, 0.05) is 86.6 Å². The Morgan fingerprint density at radius 2 is 0.621 bits per heavy atom. The number of hydrogen-bond donors (Lipinski definition) is 0. The molecule has 21 aromatic rings. The van der Waals surface area contributed by atoms with Crippen LogP contribution in [-0.4, -0.2) is 27.9 Å². The summed E-state index contributed by atoms with van der Waals surface area (Å²) < 4.78 is 134. The Bertz CT molecular complexity index is 8290. The minimum absolute atomic E-state index is 0.182. The van der Waals surface area contributed by atoms with Gasteiger partial charge in [-0.15, -0.1) is 0 Å². The zero-order chi connectivity index (χ0) is 97.7. The van der Waals surface area contributed by atoms with Gasteiger partial charge in [-0.1, -0.05) is 340 Å². The molecule has 21 aromatic carbocycles. The van der Waals surface area contributed by atoms with E-state index in [1.807, 2.05) is 54.3 Å². The lowest BCUT2D eigenvalue weighted by Gasteiger charge is -2.29. The molecule has 10 nitrogen and oxygen atoms in total. The van der Waals surface area contributed by atoms with Gasteiger partial charge in [0.1, 0.15) is 5.75 Å².